The summed E-state index contributed by atoms with van der Waals surface area (Å²) in [5.41, 5.74) is 0.232. The van der Waals surface area contributed by atoms with Crippen LogP contribution in [0, 0.1) is 0 Å². The molecular formula is C21H41IN6O2. The molecule has 3 aliphatic heterocycles. The Bertz CT molecular complexity index is 554. The van der Waals surface area contributed by atoms with Crippen molar-refractivity contribution >= 4 is 36.0 Å². The van der Waals surface area contributed by atoms with Crippen LogP contribution in [-0.4, -0.2) is 117 Å². The van der Waals surface area contributed by atoms with Gasteiger partial charge in [0.1, 0.15) is 0 Å². The summed E-state index contributed by atoms with van der Waals surface area (Å²) in [5.74, 6) is 0.962. The molecule has 1 amide bonds. The summed E-state index contributed by atoms with van der Waals surface area (Å²) in [5, 5.41) is 3.71. The fraction of sp³-hybridized carbons (Fsp3) is 0.905. The third kappa shape index (κ3) is 6.35. The molecule has 0 aliphatic carbocycles. The zero-order chi connectivity index (χ0) is 20.7. The second-order valence-corrected chi connectivity index (χ2v) is 8.65. The number of guanidine groups is 1. The van der Waals surface area contributed by atoms with Gasteiger partial charge in [-0.2, -0.15) is 0 Å². The lowest BCUT2D eigenvalue weighted by atomic mass is 9.84. The van der Waals surface area contributed by atoms with Crippen LogP contribution < -0.4 is 5.32 Å². The van der Waals surface area contributed by atoms with Gasteiger partial charge in [0.05, 0.1) is 6.61 Å². The van der Waals surface area contributed by atoms with Gasteiger partial charge < -0.3 is 24.8 Å². The van der Waals surface area contributed by atoms with Crippen LogP contribution in [0.3, 0.4) is 0 Å². The first-order valence-electron chi connectivity index (χ1n) is 11.4. The molecule has 174 valence electrons. The predicted octanol–water partition coefficient (Wildman–Crippen LogP) is 1.90. The number of piperidine rings is 2. The van der Waals surface area contributed by atoms with E-state index in [0.29, 0.717) is 19.7 Å². The van der Waals surface area contributed by atoms with Crippen LogP contribution in [0.25, 0.3) is 0 Å². The molecule has 8 nitrogen and oxygen atoms in total. The van der Waals surface area contributed by atoms with E-state index < -0.39 is 0 Å². The molecule has 0 aromatic rings. The maximum absolute atomic E-state index is 11.9. The molecule has 3 heterocycles. The Kier molecular flexibility index (Phi) is 10.4. The van der Waals surface area contributed by atoms with E-state index in [1.165, 1.54) is 45.2 Å². The van der Waals surface area contributed by atoms with E-state index in [0.717, 1.165) is 38.7 Å². The maximum atomic E-state index is 11.9. The second-order valence-electron chi connectivity index (χ2n) is 8.65. The predicted molar refractivity (Wildman–Crippen MR) is 132 cm³/mol. The topological polar surface area (TPSA) is 63.7 Å². The highest BCUT2D eigenvalue weighted by molar-refractivity contribution is 14.0. The third-order valence-electron chi connectivity index (χ3n) is 6.84. The van der Waals surface area contributed by atoms with Crippen molar-refractivity contribution in [1.29, 1.82) is 0 Å². The first kappa shape index (κ1) is 25.5. The first-order valence-corrected chi connectivity index (χ1v) is 11.4. The van der Waals surface area contributed by atoms with Crippen LogP contribution in [0.2, 0.25) is 0 Å². The molecule has 0 aromatic heterocycles. The number of hydrogen-bond donors (Lipinski definition) is 1. The van der Waals surface area contributed by atoms with Crippen LogP contribution in [0.1, 0.15) is 39.0 Å². The Morgan fingerprint density at radius 1 is 0.967 bits per heavy atom. The molecule has 0 saturated carbocycles. The molecule has 9 heteroatoms. The highest BCUT2D eigenvalue weighted by atomic mass is 127. The van der Waals surface area contributed by atoms with Crippen molar-refractivity contribution in [2.24, 2.45) is 4.99 Å². The van der Waals surface area contributed by atoms with E-state index in [4.69, 9.17) is 4.74 Å². The molecule has 3 saturated heterocycles. The fourth-order valence-corrected chi connectivity index (χ4v) is 4.90. The number of rotatable bonds is 4. The number of amides is 1. The Balaban J connectivity index is 0.00000320. The Morgan fingerprint density at radius 3 is 2.13 bits per heavy atom. The Hall–Kier alpha value is -0.810. The number of nitrogens with one attached hydrogen (secondary N) is 1. The number of halogens is 1. The molecular weight excluding hydrogens is 495 g/mol. The number of carbonyl (C=O) groups is 1. The first-order chi connectivity index (χ1) is 14.1. The van der Waals surface area contributed by atoms with Gasteiger partial charge in [0.15, 0.2) is 5.96 Å². The van der Waals surface area contributed by atoms with Crippen LogP contribution in [0.5, 0.6) is 0 Å². The molecule has 0 aromatic carbocycles. The van der Waals surface area contributed by atoms with Crippen LogP contribution >= 0.6 is 24.0 Å². The summed E-state index contributed by atoms with van der Waals surface area (Å²) in [7, 11) is 4.10. The standard InChI is InChI=1S/C21H40N6O2.HI/c1-4-29-20(28)26-16-14-25(15-17-26)19(22-2)23-18-21(8-12-24(3)13-9-21)27-10-6-5-7-11-27;/h4-18H2,1-3H3,(H,22,23);1H. The van der Waals surface area contributed by atoms with Crippen molar-refractivity contribution in [1.82, 2.24) is 24.9 Å². The minimum absolute atomic E-state index is 0. The molecule has 1 N–H and O–H groups in total. The van der Waals surface area contributed by atoms with E-state index in [-0.39, 0.29) is 35.6 Å². The molecule has 0 unspecified atom stereocenters. The minimum Gasteiger partial charge on any atom is -0.450 e. The van der Waals surface area contributed by atoms with Crippen molar-refractivity contribution in [2.45, 2.75) is 44.6 Å². The Labute approximate surface area is 199 Å². The largest absolute Gasteiger partial charge is 0.450 e. The number of likely N-dealkylation sites (tertiary alicyclic amines) is 2. The lowest BCUT2D eigenvalue weighted by molar-refractivity contribution is 0.0167. The SMILES string of the molecule is CCOC(=O)N1CCN(C(=NC)NCC2(N3CCCCC3)CCN(C)CC2)CC1.I. The highest BCUT2D eigenvalue weighted by Crippen LogP contribution is 2.31. The lowest BCUT2D eigenvalue weighted by Gasteiger charge is -2.50. The van der Waals surface area contributed by atoms with Crippen molar-refractivity contribution in [3.05, 3.63) is 0 Å². The molecule has 3 aliphatic rings. The summed E-state index contributed by atoms with van der Waals surface area (Å²) in [6.07, 6.45) is 6.23. The fourth-order valence-electron chi connectivity index (χ4n) is 4.90. The van der Waals surface area contributed by atoms with Gasteiger partial charge in [-0.3, -0.25) is 9.89 Å². The van der Waals surface area contributed by atoms with Gasteiger partial charge in [-0.25, -0.2) is 4.79 Å². The van der Waals surface area contributed by atoms with Crippen LogP contribution in [-0.2, 0) is 4.74 Å². The van der Waals surface area contributed by atoms with E-state index in [1.54, 1.807) is 4.90 Å². The van der Waals surface area contributed by atoms with Crippen LogP contribution in [0.4, 0.5) is 4.79 Å². The minimum atomic E-state index is -0.203. The molecule has 30 heavy (non-hydrogen) atoms. The van der Waals surface area contributed by atoms with Crippen molar-refractivity contribution in [3.8, 4) is 0 Å². The van der Waals surface area contributed by atoms with Gasteiger partial charge in [-0.15, -0.1) is 24.0 Å². The number of nitrogens with zero attached hydrogens (tertiary/aromatic N) is 5. The summed E-state index contributed by atoms with van der Waals surface area (Å²) < 4.78 is 5.13. The molecule has 3 fully saturated rings. The number of aliphatic imine (C=N–C) groups is 1. The monoisotopic (exact) mass is 536 g/mol. The number of piperazine rings is 1. The summed E-state index contributed by atoms with van der Waals surface area (Å²) in [4.78, 5) is 25.8. The molecule has 0 radical (unpaired) electrons. The van der Waals surface area contributed by atoms with Crippen molar-refractivity contribution in [3.63, 3.8) is 0 Å². The van der Waals surface area contributed by atoms with Gasteiger partial charge in [-0.1, -0.05) is 6.42 Å². The molecule has 3 rings (SSSR count). The van der Waals surface area contributed by atoms with E-state index in [2.05, 4.69) is 32.1 Å². The lowest BCUT2D eigenvalue weighted by Crippen LogP contribution is -2.63. The quantitative estimate of drug-likeness (QED) is 0.337. The summed E-state index contributed by atoms with van der Waals surface area (Å²) in [6, 6.07) is 0. The zero-order valence-corrected chi connectivity index (χ0v) is 21.4. The van der Waals surface area contributed by atoms with Crippen molar-refractivity contribution in [2.75, 3.05) is 79.6 Å². The molecule has 0 bridgehead atoms. The third-order valence-corrected chi connectivity index (χ3v) is 6.84. The normalized spacial score (nSPS) is 23.6. The summed E-state index contributed by atoms with van der Waals surface area (Å²) >= 11 is 0. The highest BCUT2D eigenvalue weighted by Gasteiger charge is 2.40. The molecule has 0 spiro atoms. The van der Waals surface area contributed by atoms with Gasteiger partial charge in [0.2, 0.25) is 0 Å². The molecule has 0 atom stereocenters. The van der Waals surface area contributed by atoms with Gasteiger partial charge >= 0.3 is 6.09 Å². The van der Waals surface area contributed by atoms with Crippen LogP contribution in [0.15, 0.2) is 4.99 Å². The van der Waals surface area contributed by atoms with Crippen molar-refractivity contribution < 1.29 is 9.53 Å². The second kappa shape index (κ2) is 12.3. The Morgan fingerprint density at radius 2 is 1.57 bits per heavy atom. The van der Waals surface area contributed by atoms with Gasteiger partial charge in [0, 0.05) is 45.3 Å². The van der Waals surface area contributed by atoms with E-state index in [1.807, 2.05) is 14.0 Å². The average molecular weight is 537 g/mol. The van der Waals surface area contributed by atoms with Gasteiger partial charge in [0.25, 0.3) is 0 Å². The van der Waals surface area contributed by atoms with E-state index >= 15 is 0 Å². The average Bonchev–Trinajstić information content (AvgIpc) is 2.77. The number of carbonyl (C=O) groups excluding carboxylic acids is 1. The summed E-state index contributed by atoms with van der Waals surface area (Å²) in [6.45, 7) is 10.9. The number of ether oxygens (including phenoxy) is 1. The maximum Gasteiger partial charge on any atom is 0.409 e. The van der Waals surface area contributed by atoms with E-state index in [9.17, 15) is 4.79 Å². The zero-order valence-electron chi connectivity index (χ0n) is 19.1. The van der Waals surface area contributed by atoms with Gasteiger partial charge in [-0.05, 0) is 65.8 Å². The smallest absolute Gasteiger partial charge is 0.409 e. The number of hydrogen-bond acceptors (Lipinski definition) is 5.